The molecule has 0 aliphatic heterocycles. The van der Waals surface area contributed by atoms with Gasteiger partial charge in [-0.25, -0.2) is 9.97 Å². The fourth-order valence-corrected chi connectivity index (χ4v) is 1.19. The second-order valence-electron chi connectivity index (χ2n) is 3.12. The van der Waals surface area contributed by atoms with Gasteiger partial charge < -0.3 is 9.47 Å². The lowest BCUT2D eigenvalue weighted by Gasteiger charge is -2.03. The van der Waals surface area contributed by atoms with Crippen molar-refractivity contribution in [3.8, 4) is 5.75 Å². The Morgan fingerprint density at radius 3 is 3.00 bits per heavy atom. The lowest BCUT2D eigenvalue weighted by Crippen LogP contribution is -1.93. The first-order valence-electron chi connectivity index (χ1n) is 5.12. The molecule has 0 atom stereocenters. The normalized spacial score (nSPS) is 10.7. The first-order valence-corrected chi connectivity index (χ1v) is 5.50. The van der Waals surface area contributed by atoms with Crippen LogP contribution in [0.2, 0.25) is 5.28 Å². The van der Waals surface area contributed by atoms with Crippen molar-refractivity contribution in [2.75, 3.05) is 13.7 Å². The Morgan fingerprint density at radius 1 is 1.50 bits per heavy atom. The van der Waals surface area contributed by atoms with E-state index in [0.717, 1.165) is 12.8 Å². The van der Waals surface area contributed by atoms with E-state index < -0.39 is 0 Å². The largest absolute Gasteiger partial charge is 0.501 e. The van der Waals surface area contributed by atoms with E-state index in [9.17, 15) is 0 Å². The molecule has 16 heavy (non-hydrogen) atoms. The molecule has 0 saturated carbocycles. The molecule has 0 saturated heterocycles. The van der Waals surface area contributed by atoms with E-state index in [1.165, 1.54) is 6.20 Å². The van der Waals surface area contributed by atoms with Gasteiger partial charge in [-0.05, 0) is 18.0 Å². The van der Waals surface area contributed by atoms with Crippen molar-refractivity contribution in [1.82, 2.24) is 9.97 Å². The maximum Gasteiger partial charge on any atom is 0.223 e. The smallest absolute Gasteiger partial charge is 0.223 e. The zero-order valence-corrected chi connectivity index (χ0v) is 10.2. The highest BCUT2D eigenvalue weighted by molar-refractivity contribution is 6.28. The number of unbranched alkanes of at least 4 members (excludes halogenated alkanes) is 1. The number of ether oxygens (including phenoxy) is 2. The summed E-state index contributed by atoms with van der Waals surface area (Å²) in [7, 11) is 1.56. The molecule has 0 unspecified atom stereocenters. The molecule has 0 aromatic carbocycles. The van der Waals surface area contributed by atoms with E-state index in [1.54, 1.807) is 19.4 Å². The van der Waals surface area contributed by atoms with Gasteiger partial charge in [0.25, 0.3) is 0 Å². The molecule has 0 fully saturated rings. The van der Waals surface area contributed by atoms with Gasteiger partial charge in [0.15, 0.2) is 5.75 Å². The summed E-state index contributed by atoms with van der Waals surface area (Å²) in [5, 5.41) is 0.189. The highest BCUT2D eigenvalue weighted by Gasteiger charge is 2.02. The summed E-state index contributed by atoms with van der Waals surface area (Å²) in [4.78, 5) is 7.85. The lowest BCUT2D eigenvalue weighted by atomic mass is 10.3. The van der Waals surface area contributed by atoms with E-state index in [0.29, 0.717) is 18.1 Å². The number of aromatic nitrogens is 2. The van der Waals surface area contributed by atoms with Crippen LogP contribution in [0.4, 0.5) is 0 Å². The van der Waals surface area contributed by atoms with Crippen molar-refractivity contribution in [1.29, 1.82) is 0 Å². The van der Waals surface area contributed by atoms with E-state index in [-0.39, 0.29) is 5.28 Å². The fourth-order valence-electron chi connectivity index (χ4n) is 1.05. The molecular formula is C11H15ClN2O2. The van der Waals surface area contributed by atoms with E-state index in [1.807, 2.05) is 0 Å². The van der Waals surface area contributed by atoms with Crippen LogP contribution in [0.25, 0.3) is 6.08 Å². The van der Waals surface area contributed by atoms with Crippen LogP contribution in [0.15, 0.2) is 12.5 Å². The third-order valence-electron chi connectivity index (χ3n) is 1.91. The predicted molar refractivity (Wildman–Crippen MR) is 63.5 cm³/mol. The average molecular weight is 243 g/mol. The molecule has 5 heteroatoms. The zero-order chi connectivity index (χ0) is 11.8. The summed E-state index contributed by atoms with van der Waals surface area (Å²) in [6.07, 6.45) is 6.97. The second kappa shape index (κ2) is 7.06. The second-order valence-corrected chi connectivity index (χ2v) is 3.46. The first-order chi connectivity index (χ1) is 7.77. The Kier molecular flexibility index (Phi) is 5.64. The van der Waals surface area contributed by atoms with Crippen LogP contribution in [0.1, 0.15) is 25.5 Å². The van der Waals surface area contributed by atoms with Crippen LogP contribution < -0.4 is 4.74 Å². The third-order valence-corrected chi connectivity index (χ3v) is 2.09. The van der Waals surface area contributed by atoms with Crippen LogP contribution in [-0.2, 0) is 4.74 Å². The van der Waals surface area contributed by atoms with E-state index >= 15 is 0 Å². The molecule has 4 nitrogen and oxygen atoms in total. The molecule has 0 aliphatic carbocycles. The predicted octanol–water partition coefficient (Wildman–Crippen LogP) is 2.93. The number of rotatable bonds is 6. The Labute approximate surface area is 100 Å². The molecule has 88 valence electrons. The van der Waals surface area contributed by atoms with Gasteiger partial charge in [0, 0.05) is 6.08 Å². The van der Waals surface area contributed by atoms with Crippen molar-refractivity contribution in [2.24, 2.45) is 0 Å². The highest BCUT2D eigenvalue weighted by Crippen LogP contribution is 2.17. The Bertz CT molecular complexity index is 356. The Balaban J connectivity index is 2.60. The van der Waals surface area contributed by atoms with Crippen molar-refractivity contribution in [3.63, 3.8) is 0 Å². The summed E-state index contributed by atoms with van der Waals surface area (Å²) in [6, 6.07) is 0. The van der Waals surface area contributed by atoms with Crippen molar-refractivity contribution in [3.05, 3.63) is 23.4 Å². The summed E-state index contributed by atoms with van der Waals surface area (Å²) in [5.41, 5.74) is 0.610. The standard InChI is InChI=1S/C11H15ClN2O2/c1-3-4-6-16-7-5-9-10(15-2)8-13-11(12)14-9/h5,7-8H,3-4,6H2,1-2H3. The summed E-state index contributed by atoms with van der Waals surface area (Å²) >= 11 is 5.68. The molecule has 1 heterocycles. The minimum absolute atomic E-state index is 0.189. The number of nitrogens with zero attached hydrogens (tertiary/aromatic N) is 2. The monoisotopic (exact) mass is 242 g/mol. The zero-order valence-electron chi connectivity index (χ0n) is 9.44. The molecule has 0 N–H and O–H groups in total. The molecule has 0 radical (unpaired) electrons. The molecule has 0 spiro atoms. The molecule has 0 bridgehead atoms. The quantitative estimate of drug-likeness (QED) is 0.437. The molecule has 1 aromatic rings. The van der Waals surface area contributed by atoms with Gasteiger partial charge >= 0.3 is 0 Å². The maximum atomic E-state index is 5.68. The molecular weight excluding hydrogens is 228 g/mol. The van der Waals surface area contributed by atoms with Gasteiger partial charge in [-0.15, -0.1) is 0 Å². The lowest BCUT2D eigenvalue weighted by molar-refractivity contribution is 0.246. The average Bonchev–Trinajstić information content (AvgIpc) is 2.29. The van der Waals surface area contributed by atoms with E-state index in [4.69, 9.17) is 21.1 Å². The summed E-state index contributed by atoms with van der Waals surface area (Å²) in [5.74, 6) is 0.569. The van der Waals surface area contributed by atoms with Crippen molar-refractivity contribution >= 4 is 17.7 Å². The molecule has 1 rings (SSSR count). The van der Waals surface area contributed by atoms with Gasteiger partial charge in [0.05, 0.1) is 26.2 Å². The van der Waals surface area contributed by atoms with E-state index in [2.05, 4.69) is 16.9 Å². The molecule has 0 aliphatic rings. The van der Waals surface area contributed by atoms with Gasteiger partial charge in [-0.2, -0.15) is 0 Å². The minimum Gasteiger partial charge on any atom is -0.501 e. The fraction of sp³-hybridized carbons (Fsp3) is 0.455. The minimum atomic E-state index is 0.189. The summed E-state index contributed by atoms with van der Waals surface area (Å²) < 4.78 is 10.4. The number of methoxy groups -OCH3 is 1. The SMILES string of the molecule is CCCCOC=Cc1nc(Cl)ncc1OC. The highest BCUT2D eigenvalue weighted by atomic mass is 35.5. The number of hydrogen-bond acceptors (Lipinski definition) is 4. The van der Waals surface area contributed by atoms with Gasteiger partial charge in [0.2, 0.25) is 5.28 Å². The number of halogens is 1. The third kappa shape index (κ3) is 4.06. The molecule has 0 amide bonds. The van der Waals surface area contributed by atoms with Gasteiger partial charge in [-0.3, -0.25) is 0 Å². The van der Waals surface area contributed by atoms with Gasteiger partial charge in [0.1, 0.15) is 5.69 Å². The number of hydrogen-bond donors (Lipinski definition) is 0. The van der Waals surface area contributed by atoms with Gasteiger partial charge in [-0.1, -0.05) is 13.3 Å². The van der Waals surface area contributed by atoms with Crippen LogP contribution in [0, 0.1) is 0 Å². The van der Waals surface area contributed by atoms with Crippen LogP contribution in [0.5, 0.6) is 5.75 Å². The van der Waals surface area contributed by atoms with Crippen LogP contribution >= 0.6 is 11.6 Å². The summed E-state index contributed by atoms with van der Waals surface area (Å²) in [6.45, 7) is 2.81. The Morgan fingerprint density at radius 2 is 2.31 bits per heavy atom. The molecule has 1 aromatic heterocycles. The van der Waals surface area contributed by atoms with Crippen molar-refractivity contribution < 1.29 is 9.47 Å². The van der Waals surface area contributed by atoms with Crippen LogP contribution in [0.3, 0.4) is 0 Å². The van der Waals surface area contributed by atoms with Crippen molar-refractivity contribution in [2.45, 2.75) is 19.8 Å². The van der Waals surface area contributed by atoms with Crippen LogP contribution in [-0.4, -0.2) is 23.7 Å². The maximum absolute atomic E-state index is 5.68. The topological polar surface area (TPSA) is 44.2 Å². The first kappa shape index (κ1) is 12.8. The Hall–Kier alpha value is -1.29.